The first kappa shape index (κ1) is 23.1. The van der Waals surface area contributed by atoms with Gasteiger partial charge in [-0.05, 0) is 37.1 Å². The molecule has 2 heterocycles. The minimum absolute atomic E-state index is 0.0962. The molecule has 2 N–H and O–H groups in total. The highest BCUT2D eigenvalue weighted by atomic mass is 32.2. The molecule has 2 aliphatic rings. The zero-order chi connectivity index (χ0) is 23.3. The van der Waals surface area contributed by atoms with E-state index in [1.807, 2.05) is 0 Å². The Balaban J connectivity index is 1.25. The Morgan fingerprint density at radius 3 is 2.58 bits per heavy atom. The number of carbonyl (C=O) groups excluding carboxylic acids is 2. The first-order chi connectivity index (χ1) is 15.9. The fourth-order valence-electron chi connectivity index (χ4n) is 3.90. The molecule has 176 valence electrons. The summed E-state index contributed by atoms with van der Waals surface area (Å²) in [5.74, 6) is 0.291. The standard InChI is InChI=1S/C23H27N3O6S/c27-22(25-18-8-9-20-21(15-18)32-14-13-31-20)10-11-24-23(28)17-5-4-12-26(16-17)33(29,30)19-6-2-1-3-7-19/h1-3,6-9,15,17H,4-5,10-14,16H2,(H,24,28)(H,25,27)/t17-/m0/s1. The second kappa shape index (κ2) is 10.2. The molecule has 0 saturated carbocycles. The van der Waals surface area contributed by atoms with E-state index in [4.69, 9.17) is 9.47 Å². The number of amides is 2. The van der Waals surface area contributed by atoms with Crippen LogP contribution in [0.4, 0.5) is 5.69 Å². The van der Waals surface area contributed by atoms with E-state index < -0.39 is 15.9 Å². The van der Waals surface area contributed by atoms with Crippen molar-refractivity contribution in [2.45, 2.75) is 24.2 Å². The molecule has 1 saturated heterocycles. The predicted octanol–water partition coefficient (Wildman–Crippen LogP) is 2.00. The van der Waals surface area contributed by atoms with Gasteiger partial charge in [-0.15, -0.1) is 0 Å². The third kappa shape index (κ3) is 5.63. The van der Waals surface area contributed by atoms with Gasteiger partial charge in [-0.2, -0.15) is 4.31 Å². The van der Waals surface area contributed by atoms with Gasteiger partial charge >= 0.3 is 0 Å². The summed E-state index contributed by atoms with van der Waals surface area (Å²) in [7, 11) is -3.63. The van der Waals surface area contributed by atoms with Crippen LogP contribution in [0.5, 0.6) is 11.5 Å². The van der Waals surface area contributed by atoms with E-state index in [9.17, 15) is 18.0 Å². The Morgan fingerprint density at radius 1 is 1.03 bits per heavy atom. The molecule has 10 heteroatoms. The average molecular weight is 474 g/mol. The summed E-state index contributed by atoms with van der Waals surface area (Å²) >= 11 is 0. The summed E-state index contributed by atoms with van der Waals surface area (Å²) in [4.78, 5) is 25.1. The molecule has 0 spiro atoms. The van der Waals surface area contributed by atoms with Crippen LogP contribution < -0.4 is 20.1 Å². The summed E-state index contributed by atoms with van der Waals surface area (Å²) < 4.78 is 38.0. The maximum absolute atomic E-state index is 12.8. The summed E-state index contributed by atoms with van der Waals surface area (Å²) in [6.45, 7) is 1.64. The third-order valence-corrected chi connectivity index (χ3v) is 7.49. The molecule has 1 atom stereocenters. The van der Waals surface area contributed by atoms with Gasteiger partial charge < -0.3 is 20.1 Å². The number of nitrogens with one attached hydrogen (secondary N) is 2. The van der Waals surface area contributed by atoms with Gasteiger partial charge in [-0.3, -0.25) is 9.59 Å². The summed E-state index contributed by atoms with van der Waals surface area (Å²) in [5.41, 5.74) is 0.588. The predicted molar refractivity (Wildman–Crippen MR) is 122 cm³/mol. The van der Waals surface area contributed by atoms with E-state index in [1.165, 1.54) is 4.31 Å². The lowest BCUT2D eigenvalue weighted by molar-refractivity contribution is -0.126. The quantitative estimate of drug-likeness (QED) is 0.636. The molecule has 0 radical (unpaired) electrons. The molecular formula is C23H27N3O6S. The maximum atomic E-state index is 12.8. The normalized spacial score (nSPS) is 18.4. The molecule has 2 aromatic rings. The Bertz CT molecular complexity index is 1110. The molecule has 0 bridgehead atoms. The van der Waals surface area contributed by atoms with Crippen molar-refractivity contribution in [3.05, 3.63) is 48.5 Å². The minimum Gasteiger partial charge on any atom is -0.486 e. The number of carbonyl (C=O) groups is 2. The van der Waals surface area contributed by atoms with E-state index in [1.54, 1.807) is 48.5 Å². The molecule has 0 aromatic heterocycles. The van der Waals surface area contributed by atoms with Crippen molar-refractivity contribution in [2.75, 3.05) is 38.2 Å². The van der Waals surface area contributed by atoms with Crippen LogP contribution in [0.2, 0.25) is 0 Å². The topological polar surface area (TPSA) is 114 Å². The van der Waals surface area contributed by atoms with Crippen LogP contribution >= 0.6 is 0 Å². The van der Waals surface area contributed by atoms with E-state index in [0.29, 0.717) is 49.8 Å². The van der Waals surface area contributed by atoms with Gasteiger partial charge in [0.15, 0.2) is 11.5 Å². The lowest BCUT2D eigenvalue weighted by Crippen LogP contribution is -2.45. The maximum Gasteiger partial charge on any atom is 0.243 e. The van der Waals surface area contributed by atoms with Gasteiger partial charge in [0.25, 0.3) is 0 Å². The first-order valence-electron chi connectivity index (χ1n) is 11.0. The van der Waals surface area contributed by atoms with Crippen molar-refractivity contribution < 1.29 is 27.5 Å². The van der Waals surface area contributed by atoms with Crippen molar-refractivity contribution in [2.24, 2.45) is 5.92 Å². The summed E-state index contributed by atoms with van der Waals surface area (Å²) in [5, 5.41) is 5.54. The number of hydrogen-bond acceptors (Lipinski definition) is 6. The van der Waals surface area contributed by atoms with Gasteiger partial charge in [-0.25, -0.2) is 8.42 Å². The fourth-order valence-corrected chi connectivity index (χ4v) is 5.45. The Hall–Kier alpha value is -3.11. The molecule has 2 aliphatic heterocycles. The number of benzene rings is 2. The fraction of sp³-hybridized carbons (Fsp3) is 0.391. The number of anilines is 1. The largest absolute Gasteiger partial charge is 0.486 e. The molecule has 33 heavy (non-hydrogen) atoms. The summed E-state index contributed by atoms with van der Waals surface area (Å²) in [6.07, 6.45) is 1.31. The molecule has 4 rings (SSSR count). The van der Waals surface area contributed by atoms with Gasteiger partial charge in [-0.1, -0.05) is 18.2 Å². The number of piperidine rings is 1. The van der Waals surface area contributed by atoms with Crippen LogP contribution in [0, 0.1) is 5.92 Å². The van der Waals surface area contributed by atoms with E-state index in [-0.39, 0.29) is 36.2 Å². The lowest BCUT2D eigenvalue weighted by atomic mass is 9.99. The molecule has 1 fully saturated rings. The number of hydrogen-bond donors (Lipinski definition) is 2. The Morgan fingerprint density at radius 2 is 1.79 bits per heavy atom. The van der Waals surface area contributed by atoms with Gasteiger partial charge in [0.1, 0.15) is 13.2 Å². The molecule has 2 aromatic carbocycles. The van der Waals surface area contributed by atoms with Gasteiger partial charge in [0.05, 0.1) is 10.8 Å². The lowest BCUT2D eigenvalue weighted by Gasteiger charge is -2.31. The Kier molecular flexibility index (Phi) is 7.14. The van der Waals surface area contributed by atoms with E-state index >= 15 is 0 Å². The van der Waals surface area contributed by atoms with Crippen molar-refractivity contribution in [3.63, 3.8) is 0 Å². The third-order valence-electron chi connectivity index (χ3n) is 5.61. The number of rotatable bonds is 7. The van der Waals surface area contributed by atoms with Crippen molar-refractivity contribution in [1.82, 2.24) is 9.62 Å². The molecule has 0 unspecified atom stereocenters. The van der Waals surface area contributed by atoms with E-state index in [0.717, 1.165) is 0 Å². The Labute approximate surface area is 193 Å². The summed E-state index contributed by atoms with van der Waals surface area (Å²) in [6, 6.07) is 13.4. The molecule has 9 nitrogen and oxygen atoms in total. The highest BCUT2D eigenvalue weighted by Crippen LogP contribution is 2.32. The van der Waals surface area contributed by atoms with Crippen LogP contribution in [-0.4, -0.2) is 57.4 Å². The molecule has 0 aliphatic carbocycles. The monoisotopic (exact) mass is 473 g/mol. The van der Waals surface area contributed by atoms with Gasteiger partial charge in [0, 0.05) is 37.8 Å². The van der Waals surface area contributed by atoms with Crippen molar-refractivity contribution in [1.29, 1.82) is 0 Å². The highest BCUT2D eigenvalue weighted by Gasteiger charge is 2.33. The van der Waals surface area contributed by atoms with Crippen LogP contribution in [-0.2, 0) is 19.6 Å². The molecule has 2 amide bonds. The highest BCUT2D eigenvalue weighted by molar-refractivity contribution is 7.89. The second-order valence-electron chi connectivity index (χ2n) is 7.96. The SMILES string of the molecule is O=C(CCNC(=O)[C@H]1CCCN(S(=O)(=O)c2ccccc2)C1)Nc1ccc2c(c1)OCCO2. The van der Waals surface area contributed by atoms with Crippen LogP contribution in [0.15, 0.2) is 53.4 Å². The van der Waals surface area contributed by atoms with Crippen LogP contribution in [0.1, 0.15) is 19.3 Å². The van der Waals surface area contributed by atoms with Crippen molar-refractivity contribution in [3.8, 4) is 11.5 Å². The number of ether oxygens (including phenoxy) is 2. The zero-order valence-electron chi connectivity index (χ0n) is 18.2. The van der Waals surface area contributed by atoms with Crippen LogP contribution in [0.25, 0.3) is 0 Å². The van der Waals surface area contributed by atoms with E-state index in [2.05, 4.69) is 10.6 Å². The number of nitrogens with zero attached hydrogens (tertiary/aromatic N) is 1. The number of fused-ring (bicyclic) bond motifs is 1. The van der Waals surface area contributed by atoms with Crippen LogP contribution in [0.3, 0.4) is 0 Å². The minimum atomic E-state index is -3.63. The second-order valence-corrected chi connectivity index (χ2v) is 9.90. The average Bonchev–Trinajstić information content (AvgIpc) is 2.84. The zero-order valence-corrected chi connectivity index (χ0v) is 19.0. The first-order valence-corrected chi connectivity index (χ1v) is 12.4. The smallest absolute Gasteiger partial charge is 0.243 e. The van der Waals surface area contributed by atoms with Crippen molar-refractivity contribution >= 4 is 27.5 Å². The molecular weight excluding hydrogens is 446 g/mol. The van der Waals surface area contributed by atoms with Gasteiger partial charge in [0.2, 0.25) is 21.8 Å². The number of sulfonamides is 1.